The zero-order chi connectivity index (χ0) is 26.5. The summed E-state index contributed by atoms with van der Waals surface area (Å²) in [7, 11) is 0. The number of esters is 1. The fourth-order valence-electron chi connectivity index (χ4n) is 4.77. The number of benzene rings is 4. The van der Waals surface area contributed by atoms with E-state index in [1.165, 1.54) is 0 Å². The number of hydrogen-bond donors (Lipinski definition) is 1. The van der Waals surface area contributed by atoms with Crippen LogP contribution in [-0.2, 0) is 11.2 Å². The van der Waals surface area contributed by atoms with Crippen molar-refractivity contribution in [2.75, 3.05) is 6.61 Å². The molecule has 6 nitrogen and oxygen atoms in total. The minimum Gasteiger partial charge on any atom is -0.493 e. The van der Waals surface area contributed by atoms with Gasteiger partial charge in [0.15, 0.2) is 0 Å². The number of nitrogens with zero attached hydrogens (tertiary/aromatic N) is 1. The molecule has 1 aliphatic rings. The van der Waals surface area contributed by atoms with E-state index in [4.69, 9.17) is 19.9 Å². The molecule has 0 aliphatic carbocycles. The van der Waals surface area contributed by atoms with Gasteiger partial charge in [0, 0.05) is 17.2 Å². The summed E-state index contributed by atoms with van der Waals surface area (Å²) in [5.41, 5.74) is 8.98. The van der Waals surface area contributed by atoms with E-state index in [-0.39, 0.29) is 18.3 Å². The summed E-state index contributed by atoms with van der Waals surface area (Å²) in [6.45, 7) is 2.68. The minimum absolute atomic E-state index is 0.0209. The normalized spacial score (nSPS) is 14.4. The van der Waals surface area contributed by atoms with Gasteiger partial charge >= 0.3 is 5.97 Å². The molecule has 1 unspecified atom stereocenters. The third-order valence-corrected chi connectivity index (χ3v) is 6.62. The lowest BCUT2D eigenvalue weighted by atomic mass is 9.83. The molecule has 1 atom stereocenters. The molecule has 6 heteroatoms. The van der Waals surface area contributed by atoms with E-state index in [1.807, 2.05) is 72.8 Å². The highest BCUT2D eigenvalue weighted by Gasteiger charge is 2.33. The van der Waals surface area contributed by atoms with E-state index in [1.54, 1.807) is 12.1 Å². The van der Waals surface area contributed by atoms with Crippen LogP contribution < -0.4 is 19.9 Å². The lowest BCUT2D eigenvalue weighted by Gasteiger charge is -2.28. The summed E-state index contributed by atoms with van der Waals surface area (Å²) in [6, 6.07) is 28.8. The minimum atomic E-state index is -0.470. The van der Waals surface area contributed by atoms with Crippen LogP contribution in [-0.4, -0.2) is 12.6 Å². The average Bonchev–Trinajstić information content (AvgIpc) is 2.93. The molecule has 0 radical (unpaired) electrons. The van der Waals surface area contributed by atoms with E-state index >= 15 is 0 Å². The lowest BCUT2D eigenvalue weighted by molar-refractivity contribution is -0.133. The second-order valence-corrected chi connectivity index (χ2v) is 9.15. The van der Waals surface area contributed by atoms with Crippen LogP contribution in [0.15, 0.2) is 96.4 Å². The first kappa shape index (κ1) is 24.9. The Morgan fingerprint density at radius 2 is 1.79 bits per heavy atom. The smallest absolute Gasteiger partial charge is 0.315 e. The molecule has 4 aromatic carbocycles. The summed E-state index contributed by atoms with van der Waals surface area (Å²) in [6.07, 6.45) is 2.07. The van der Waals surface area contributed by atoms with Gasteiger partial charge in [-0.1, -0.05) is 80.1 Å². The fraction of sp³-hybridized carbons (Fsp3) is 0.188. The summed E-state index contributed by atoms with van der Waals surface area (Å²) >= 11 is 0. The van der Waals surface area contributed by atoms with Gasteiger partial charge in [-0.3, -0.25) is 4.79 Å². The number of ether oxygens (including phenoxy) is 3. The van der Waals surface area contributed by atoms with Crippen molar-refractivity contribution in [1.82, 2.24) is 0 Å². The van der Waals surface area contributed by atoms with Crippen LogP contribution in [0.2, 0.25) is 0 Å². The first-order valence-electron chi connectivity index (χ1n) is 12.7. The number of carbonyl (C=O) groups excluding carboxylic acids is 1. The van der Waals surface area contributed by atoms with Crippen molar-refractivity contribution in [3.05, 3.63) is 113 Å². The van der Waals surface area contributed by atoms with Crippen LogP contribution in [0.5, 0.6) is 17.2 Å². The second kappa shape index (κ2) is 11.1. The van der Waals surface area contributed by atoms with Crippen LogP contribution in [0, 0.1) is 11.3 Å². The van der Waals surface area contributed by atoms with Crippen LogP contribution in [0.3, 0.4) is 0 Å². The molecule has 0 saturated carbocycles. The zero-order valence-corrected chi connectivity index (χ0v) is 21.1. The average molecular weight is 505 g/mol. The van der Waals surface area contributed by atoms with Crippen molar-refractivity contribution in [2.24, 2.45) is 5.73 Å². The molecule has 190 valence electrons. The van der Waals surface area contributed by atoms with Gasteiger partial charge < -0.3 is 19.9 Å². The number of allylic oxidation sites excluding steroid dienone is 1. The van der Waals surface area contributed by atoms with Crippen molar-refractivity contribution in [3.63, 3.8) is 0 Å². The molecule has 5 rings (SSSR count). The maximum atomic E-state index is 12.9. The summed E-state index contributed by atoms with van der Waals surface area (Å²) in [4.78, 5) is 12.9. The van der Waals surface area contributed by atoms with Crippen LogP contribution >= 0.6 is 0 Å². The number of rotatable bonds is 8. The lowest BCUT2D eigenvalue weighted by Crippen LogP contribution is -2.21. The molecule has 0 bridgehead atoms. The maximum absolute atomic E-state index is 12.9. The number of para-hydroxylation sites is 1. The fourth-order valence-corrected chi connectivity index (χ4v) is 4.77. The first-order chi connectivity index (χ1) is 18.6. The van der Waals surface area contributed by atoms with E-state index in [9.17, 15) is 10.1 Å². The molecule has 0 amide bonds. The van der Waals surface area contributed by atoms with Crippen LogP contribution in [0.4, 0.5) is 0 Å². The van der Waals surface area contributed by atoms with Crippen molar-refractivity contribution >= 4 is 16.7 Å². The van der Waals surface area contributed by atoms with Gasteiger partial charge in [0.05, 0.1) is 18.9 Å². The molecular formula is C32H28N2O4. The number of nitrogens with two attached hydrogens (primary N) is 1. The Hall–Kier alpha value is -4.76. The predicted molar refractivity (Wildman–Crippen MR) is 146 cm³/mol. The van der Waals surface area contributed by atoms with Crippen LogP contribution in [0.1, 0.15) is 42.4 Å². The Bertz CT molecular complexity index is 1560. The molecule has 0 fully saturated rings. The van der Waals surface area contributed by atoms with Crippen LogP contribution in [0.25, 0.3) is 10.8 Å². The highest BCUT2D eigenvalue weighted by molar-refractivity contribution is 5.89. The molecule has 38 heavy (non-hydrogen) atoms. The predicted octanol–water partition coefficient (Wildman–Crippen LogP) is 6.38. The van der Waals surface area contributed by atoms with Gasteiger partial charge in [0.25, 0.3) is 0 Å². The highest BCUT2D eigenvalue weighted by atomic mass is 16.5. The zero-order valence-electron chi connectivity index (χ0n) is 21.1. The van der Waals surface area contributed by atoms with Gasteiger partial charge in [-0.15, -0.1) is 0 Å². The van der Waals surface area contributed by atoms with Gasteiger partial charge in [-0.25, -0.2) is 0 Å². The quantitative estimate of drug-likeness (QED) is 0.170. The van der Waals surface area contributed by atoms with Crippen molar-refractivity contribution < 1.29 is 19.0 Å². The number of unbranched alkanes of at least 4 members (excludes halogenated alkanes) is 1. The number of nitriles is 1. The molecule has 2 N–H and O–H groups in total. The standard InChI is InChI=1S/C32H28N2O4/c1-2-3-17-36-28-14-7-6-13-25(28)31-26-16-15-23(19-29(26)38-32(34)27(31)20-33)37-30(35)18-22-11-8-10-21-9-4-5-12-24(21)22/h4-16,19,31H,2-3,17-18,34H2,1H3. The van der Waals surface area contributed by atoms with Gasteiger partial charge in [-0.05, 0) is 34.9 Å². The van der Waals surface area contributed by atoms with Crippen molar-refractivity contribution in [1.29, 1.82) is 5.26 Å². The summed E-state index contributed by atoms with van der Waals surface area (Å²) in [5.74, 6) is 0.642. The molecule has 1 heterocycles. The maximum Gasteiger partial charge on any atom is 0.315 e. The first-order valence-corrected chi connectivity index (χ1v) is 12.7. The number of fused-ring (bicyclic) bond motifs is 2. The van der Waals surface area contributed by atoms with Crippen molar-refractivity contribution in [2.45, 2.75) is 32.1 Å². The second-order valence-electron chi connectivity index (χ2n) is 9.15. The van der Waals surface area contributed by atoms with E-state index in [0.717, 1.165) is 40.3 Å². The molecule has 0 aromatic heterocycles. The molecule has 0 saturated heterocycles. The van der Waals surface area contributed by atoms with Crippen molar-refractivity contribution in [3.8, 4) is 23.3 Å². The van der Waals surface area contributed by atoms with Gasteiger partial charge in [0.1, 0.15) is 28.9 Å². The SMILES string of the molecule is CCCCOc1ccccc1C1C(C#N)=C(N)Oc2cc(OC(=O)Cc3cccc4ccccc34)ccc21. The Balaban J connectivity index is 1.42. The summed E-state index contributed by atoms with van der Waals surface area (Å²) < 4.78 is 17.6. The topological polar surface area (TPSA) is 94.6 Å². The van der Waals surface area contributed by atoms with E-state index in [0.29, 0.717) is 29.4 Å². The number of hydrogen-bond acceptors (Lipinski definition) is 6. The third kappa shape index (κ3) is 5.05. The molecule has 0 spiro atoms. The monoisotopic (exact) mass is 504 g/mol. The Morgan fingerprint density at radius 3 is 2.63 bits per heavy atom. The Kier molecular flexibility index (Phi) is 7.28. The molecule has 4 aromatic rings. The molecular weight excluding hydrogens is 476 g/mol. The van der Waals surface area contributed by atoms with Gasteiger partial charge in [0.2, 0.25) is 5.88 Å². The van der Waals surface area contributed by atoms with E-state index in [2.05, 4.69) is 13.0 Å². The largest absolute Gasteiger partial charge is 0.493 e. The highest BCUT2D eigenvalue weighted by Crippen LogP contribution is 2.46. The Morgan fingerprint density at radius 1 is 1.00 bits per heavy atom. The van der Waals surface area contributed by atoms with Gasteiger partial charge in [-0.2, -0.15) is 5.26 Å². The number of carbonyl (C=O) groups is 1. The summed E-state index contributed by atoms with van der Waals surface area (Å²) in [5, 5.41) is 12.0. The Labute approximate surface area is 221 Å². The third-order valence-electron chi connectivity index (χ3n) is 6.62. The van der Waals surface area contributed by atoms with E-state index < -0.39 is 5.92 Å². The molecule has 1 aliphatic heterocycles.